The number of halogens is 1. The summed E-state index contributed by atoms with van der Waals surface area (Å²) in [5.74, 6) is 0.239. The lowest BCUT2D eigenvalue weighted by molar-refractivity contribution is 0.102. The standard InChI is InChI=1S/C23H20FN3O5/c1-12-20-15(11-17(26-23(20)32-27-12)14-7-5-6-8-16(14)24)22(28)25-13-9-18(29-2)21(31-4)19(10-13)30-3/h5-11H,1-4H3,(H,25,28). The second kappa shape index (κ2) is 8.54. The number of anilines is 1. The van der Waals surface area contributed by atoms with Crippen molar-refractivity contribution in [3.63, 3.8) is 0 Å². The van der Waals surface area contributed by atoms with Crippen LogP contribution in [0.3, 0.4) is 0 Å². The van der Waals surface area contributed by atoms with Crippen LogP contribution in [-0.2, 0) is 0 Å². The molecule has 0 saturated carbocycles. The largest absolute Gasteiger partial charge is 0.493 e. The average molecular weight is 437 g/mol. The molecule has 0 aliphatic rings. The maximum atomic E-state index is 14.4. The van der Waals surface area contributed by atoms with Crippen LogP contribution >= 0.6 is 0 Å². The van der Waals surface area contributed by atoms with Gasteiger partial charge in [0.25, 0.3) is 11.6 Å². The summed E-state index contributed by atoms with van der Waals surface area (Å²) < 4.78 is 35.6. The third-order valence-corrected chi connectivity index (χ3v) is 4.93. The van der Waals surface area contributed by atoms with Gasteiger partial charge in [0.15, 0.2) is 11.5 Å². The maximum absolute atomic E-state index is 14.4. The van der Waals surface area contributed by atoms with Gasteiger partial charge in [-0.3, -0.25) is 4.79 Å². The van der Waals surface area contributed by atoms with Crippen molar-refractivity contribution in [1.82, 2.24) is 10.1 Å². The predicted molar refractivity (Wildman–Crippen MR) is 116 cm³/mol. The molecule has 9 heteroatoms. The van der Waals surface area contributed by atoms with Crippen molar-refractivity contribution >= 4 is 22.7 Å². The van der Waals surface area contributed by atoms with E-state index in [1.807, 2.05) is 0 Å². The third kappa shape index (κ3) is 3.68. The second-order valence-electron chi connectivity index (χ2n) is 6.85. The molecule has 0 bridgehead atoms. The third-order valence-electron chi connectivity index (χ3n) is 4.93. The molecule has 0 spiro atoms. The fraction of sp³-hybridized carbons (Fsp3) is 0.174. The molecule has 4 aromatic rings. The van der Waals surface area contributed by atoms with Crippen LogP contribution in [0.15, 0.2) is 47.0 Å². The van der Waals surface area contributed by atoms with E-state index in [0.717, 1.165) is 0 Å². The number of pyridine rings is 1. The number of ether oxygens (including phenoxy) is 3. The molecule has 0 unspecified atom stereocenters. The number of amides is 1. The van der Waals surface area contributed by atoms with Crippen LogP contribution in [0, 0.1) is 12.7 Å². The first kappa shape index (κ1) is 21.1. The Morgan fingerprint density at radius 3 is 2.34 bits per heavy atom. The summed E-state index contributed by atoms with van der Waals surface area (Å²) in [7, 11) is 4.46. The minimum atomic E-state index is -0.466. The van der Waals surface area contributed by atoms with Crippen molar-refractivity contribution < 1.29 is 27.9 Å². The summed E-state index contributed by atoms with van der Waals surface area (Å²) in [6.45, 7) is 1.70. The second-order valence-corrected chi connectivity index (χ2v) is 6.85. The minimum Gasteiger partial charge on any atom is -0.493 e. The molecule has 0 atom stereocenters. The minimum absolute atomic E-state index is 0.137. The number of hydrogen-bond acceptors (Lipinski definition) is 7. The molecule has 1 amide bonds. The number of aromatic nitrogens is 2. The van der Waals surface area contributed by atoms with Crippen molar-refractivity contribution in [3.8, 4) is 28.5 Å². The van der Waals surface area contributed by atoms with Crippen molar-refractivity contribution in [2.24, 2.45) is 0 Å². The Balaban J connectivity index is 1.80. The van der Waals surface area contributed by atoms with Gasteiger partial charge in [0.2, 0.25) is 5.75 Å². The number of carbonyl (C=O) groups is 1. The lowest BCUT2D eigenvalue weighted by atomic mass is 10.0. The van der Waals surface area contributed by atoms with Crippen molar-refractivity contribution in [3.05, 3.63) is 59.5 Å². The van der Waals surface area contributed by atoms with Gasteiger partial charge in [-0.2, -0.15) is 0 Å². The van der Waals surface area contributed by atoms with E-state index in [9.17, 15) is 9.18 Å². The zero-order valence-corrected chi connectivity index (χ0v) is 17.9. The van der Waals surface area contributed by atoms with Crippen molar-refractivity contribution in [2.45, 2.75) is 6.92 Å². The number of nitrogens with one attached hydrogen (secondary N) is 1. The fourth-order valence-corrected chi connectivity index (χ4v) is 3.43. The molecule has 1 N–H and O–H groups in total. The van der Waals surface area contributed by atoms with Gasteiger partial charge < -0.3 is 24.1 Å². The molecule has 0 aliphatic heterocycles. The maximum Gasteiger partial charge on any atom is 0.259 e. The van der Waals surface area contributed by atoms with Crippen LogP contribution in [0.2, 0.25) is 0 Å². The molecule has 2 aromatic carbocycles. The highest BCUT2D eigenvalue weighted by Gasteiger charge is 2.22. The van der Waals surface area contributed by atoms with E-state index in [2.05, 4.69) is 15.5 Å². The van der Waals surface area contributed by atoms with Gasteiger partial charge in [-0.05, 0) is 25.1 Å². The number of carbonyl (C=O) groups excluding carboxylic acids is 1. The molecule has 32 heavy (non-hydrogen) atoms. The summed E-state index contributed by atoms with van der Waals surface area (Å²) in [6.07, 6.45) is 0. The Morgan fingerprint density at radius 2 is 1.72 bits per heavy atom. The highest BCUT2D eigenvalue weighted by Crippen LogP contribution is 2.40. The number of hydrogen-bond donors (Lipinski definition) is 1. The molecule has 2 aromatic heterocycles. The highest BCUT2D eigenvalue weighted by molar-refractivity contribution is 6.13. The van der Waals surface area contributed by atoms with Gasteiger partial charge in [-0.25, -0.2) is 9.37 Å². The molecule has 0 aliphatic carbocycles. The first-order valence-corrected chi connectivity index (χ1v) is 9.60. The molecule has 0 fully saturated rings. The molecule has 8 nitrogen and oxygen atoms in total. The number of methoxy groups -OCH3 is 3. The van der Waals surface area contributed by atoms with Gasteiger partial charge in [0, 0.05) is 23.4 Å². The van der Waals surface area contributed by atoms with Crippen LogP contribution in [0.4, 0.5) is 10.1 Å². The van der Waals surface area contributed by atoms with E-state index in [1.165, 1.54) is 33.5 Å². The van der Waals surface area contributed by atoms with Crippen LogP contribution in [0.1, 0.15) is 16.1 Å². The Morgan fingerprint density at radius 1 is 1.03 bits per heavy atom. The summed E-state index contributed by atoms with van der Waals surface area (Å²) in [5, 5.41) is 7.17. The van der Waals surface area contributed by atoms with E-state index in [-0.39, 0.29) is 22.5 Å². The number of benzene rings is 2. The first-order chi connectivity index (χ1) is 15.5. The molecule has 2 heterocycles. The number of fused-ring (bicyclic) bond motifs is 1. The molecule has 0 saturated heterocycles. The van der Waals surface area contributed by atoms with Gasteiger partial charge in [-0.15, -0.1) is 0 Å². The van der Waals surface area contributed by atoms with E-state index >= 15 is 0 Å². The van der Waals surface area contributed by atoms with Crippen LogP contribution in [0.25, 0.3) is 22.4 Å². The molecule has 0 radical (unpaired) electrons. The Bertz CT molecular complexity index is 1290. The molecule has 4 rings (SSSR count). The normalized spacial score (nSPS) is 10.8. The lowest BCUT2D eigenvalue weighted by Gasteiger charge is -2.15. The van der Waals surface area contributed by atoms with Crippen LogP contribution in [-0.4, -0.2) is 37.4 Å². The Labute approximate surface area is 182 Å². The predicted octanol–water partition coefficient (Wildman–Crippen LogP) is 4.62. The zero-order chi connectivity index (χ0) is 22.8. The quantitative estimate of drug-likeness (QED) is 0.470. The van der Waals surface area contributed by atoms with E-state index in [4.69, 9.17) is 18.7 Å². The lowest BCUT2D eigenvalue weighted by Crippen LogP contribution is -2.13. The average Bonchev–Trinajstić information content (AvgIpc) is 3.18. The molecular formula is C23H20FN3O5. The molecule has 164 valence electrons. The summed E-state index contributed by atoms with van der Waals surface area (Å²) in [6, 6.07) is 10.9. The van der Waals surface area contributed by atoms with Gasteiger partial charge >= 0.3 is 0 Å². The van der Waals surface area contributed by atoms with E-state index in [1.54, 1.807) is 37.3 Å². The van der Waals surface area contributed by atoms with Gasteiger partial charge in [-0.1, -0.05) is 17.3 Å². The van der Waals surface area contributed by atoms with Crippen molar-refractivity contribution in [2.75, 3.05) is 26.6 Å². The van der Waals surface area contributed by atoms with Gasteiger partial charge in [0.1, 0.15) is 5.82 Å². The number of nitrogens with zero attached hydrogens (tertiary/aromatic N) is 2. The monoisotopic (exact) mass is 437 g/mol. The topological polar surface area (TPSA) is 95.7 Å². The smallest absolute Gasteiger partial charge is 0.259 e. The van der Waals surface area contributed by atoms with Crippen LogP contribution < -0.4 is 19.5 Å². The summed E-state index contributed by atoms with van der Waals surface area (Å²) in [5.41, 5.74) is 1.77. The van der Waals surface area contributed by atoms with E-state index in [0.29, 0.717) is 34.0 Å². The van der Waals surface area contributed by atoms with E-state index < -0.39 is 11.7 Å². The summed E-state index contributed by atoms with van der Waals surface area (Å²) >= 11 is 0. The van der Waals surface area contributed by atoms with Gasteiger partial charge in [0.05, 0.1) is 43.7 Å². The molecular weight excluding hydrogens is 417 g/mol. The first-order valence-electron chi connectivity index (χ1n) is 9.60. The van der Waals surface area contributed by atoms with Crippen molar-refractivity contribution in [1.29, 1.82) is 0 Å². The Kier molecular flexibility index (Phi) is 5.63. The summed E-state index contributed by atoms with van der Waals surface area (Å²) in [4.78, 5) is 17.6. The number of aryl methyl sites for hydroxylation is 1. The number of rotatable bonds is 6. The fourth-order valence-electron chi connectivity index (χ4n) is 3.43. The Hall–Kier alpha value is -4.14. The zero-order valence-electron chi connectivity index (χ0n) is 17.9. The SMILES string of the molecule is COc1cc(NC(=O)c2cc(-c3ccccc3F)nc3onc(C)c23)cc(OC)c1OC. The van der Waals surface area contributed by atoms with Crippen LogP contribution in [0.5, 0.6) is 17.2 Å². The highest BCUT2D eigenvalue weighted by atomic mass is 19.1.